The number of rotatable bonds is 5. The Labute approximate surface area is 99.7 Å². The third-order valence-electron chi connectivity index (χ3n) is 2.71. The SMILES string of the molecule is CC(C)C(N)c1cncn1C(C)CS(C)=O. The van der Waals surface area contributed by atoms with E-state index in [-0.39, 0.29) is 12.1 Å². The van der Waals surface area contributed by atoms with Gasteiger partial charge >= 0.3 is 0 Å². The van der Waals surface area contributed by atoms with Gasteiger partial charge in [-0.3, -0.25) is 4.21 Å². The molecular formula is C11H21N3OS. The molecule has 0 saturated carbocycles. The fourth-order valence-electron chi connectivity index (χ4n) is 1.70. The van der Waals surface area contributed by atoms with Crippen LogP contribution in [0, 0.1) is 5.92 Å². The van der Waals surface area contributed by atoms with Gasteiger partial charge in [0.15, 0.2) is 0 Å². The Morgan fingerprint density at radius 3 is 2.62 bits per heavy atom. The molecule has 0 amide bonds. The second-order valence-electron chi connectivity index (χ2n) is 4.58. The van der Waals surface area contributed by atoms with Crippen LogP contribution in [0.1, 0.15) is 38.5 Å². The van der Waals surface area contributed by atoms with Crippen LogP contribution in [0.25, 0.3) is 0 Å². The molecule has 0 aromatic carbocycles. The number of hydrogen-bond donors (Lipinski definition) is 1. The molecule has 2 N–H and O–H groups in total. The highest BCUT2D eigenvalue weighted by Crippen LogP contribution is 2.21. The van der Waals surface area contributed by atoms with Crippen LogP contribution in [0.5, 0.6) is 0 Å². The van der Waals surface area contributed by atoms with Crippen LogP contribution in [0.3, 0.4) is 0 Å². The van der Waals surface area contributed by atoms with Gasteiger partial charge in [-0.05, 0) is 12.8 Å². The van der Waals surface area contributed by atoms with E-state index >= 15 is 0 Å². The molecule has 3 unspecified atom stereocenters. The molecule has 1 rings (SSSR count). The molecule has 0 aliphatic rings. The molecule has 16 heavy (non-hydrogen) atoms. The maximum atomic E-state index is 11.2. The standard InChI is InChI=1S/C11H21N3OS/c1-8(2)11(12)10-5-13-7-14(10)9(3)6-16(4)15/h5,7-9,11H,6,12H2,1-4H3. The van der Waals surface area contributed by atoms with Gasteiger partial charge in [0.05, 0.1) is 12.0 Å². The van der Waals surface area contributed by atoms with Crippen molar-refractivity contribution in [1.82, 2.24) is 9.55 Å². The largest absolute Gasteiger partial charge is 0.329 e. The molecule has 0 spiro atoms. The molecule has 92 valence electrons. The first kappa shape index (κ1) is 13.4. The van der Waals surface area contributed by atoms with E-state index in [9.17, 15) is 4.21 Å². The Morgan fingerprint density at radius 2 is 2.12 bits per heavy atom. The van der Waals surface area contributed by atoms with Crippen molar-refractivity contribution in [3.8, 4) is 0 Å². The Balaban J connectivity index is 2.89. The number of hydrogen-bond acceptors (Lipinski definition) is 3. The number of imidazole rings is 1. The lowest BCUT2D eigenvalue weighted by Crippen LogP contribution is -2.23. The Morgan fingerprint density at radius 1 is 1.50 bits per heavy atom. The number of nitrogens with zero attached hydrogens (tertiary/aromatic N) is 2. The summed E-state index contributed by atoms with van der Waals surface area (Å²) in [4.78, 5) is 4.14. The molecular weight excluding hydrogens is 222 g/mol. The maximum Gasteiger partial charge on any atom is 0.0951 e. The van der Waals surface area contributed by atoms with Gasteiger partial charge in [-0.1, -0.05) is 13.8 Å². The fraction of sp³-hybridized carbons (Fsp3) is 0.727. The van der Waals surface area contributed by atoms with Crippen molar-refractivity contribution in [2.24, 2.45) is 11.7 Å². The van der Waals surface area contributed by atoms with Crippen molar-refractivity contribution in [3.63, 3.8) is 0 Å². The van der Waals surface area contributed by atoms with Gasteiger partial charge < -0.3 is 10.3 Å². The third-order valence-corrected chi connectivity index (χ3v) is 3.66. The second kappa shape index (κ2) is 5.59. The summed E-state index contributed by atoms with van der Waals surface area (Å²) in [5.41, 5.74) is 7.14. The quantitative estimate of drug-likeness (QED) is 0.852. The molecule has 0 bridgehead atoms. The van der Waals surface area contributed by atoms with E-state index in [2.05, 4.69) is 18.8 Å². The first-order chi connectivity index (χ1) is 7.43. The van der Waals surface area contributed by atoms with Gasteiger partial charge in [-0.25, -0.2) is 4.98 Å². The minimum Gasteiger partial charge on any atom is -0.329 e. The van der Waals surface area contributed by atoms with Gasteiger partial charge in [0.25, 0.3) is 0 Å². The van der Waals surface area contributed by atoms with E-state index in [4.69, 9.17) is 5.73 Å². The van der Waals surface area contributed by atoms with Crippen molar-refractivity contribution in [1.29, 1.82) is 0 Å². The summed E-state index contributed by atoms with van der Waals surface area (Å²) in [6, 6.07) is 0.156. The van der Waals surface area contributed by atoms with E-state index in [0.717, 1.165) is 5.69 Å². The highest BCUT2D eigenvalue weighted by Gasteiger charge is 2.18. The van der Waals surface area contributed by atoms with Crippen LogP contribution in [-0.2, 0) is 10.8 Å². The lowest BCUT2D eigenvalue weighted by molar-refractivity contribution is 0.461. The summed E-state index contributed by atoms with van der Waals surface area (Å²) in [6.07, 6.45) is 5.30. The van der Waals surface area contributed by atoms with Crippen LogP contribution in [0.15, 0.2) is 12.5 Å². The van der Waals surface area contributed by atoms with E-state index in [1.165, 1.54) is 0 Å². The highest BCUT2D eigenvalue weighted by molar-refractivity contribution is 7.84. The van der Waals surface area contributed by atoms with Crippen molar-refractivity contribution in [2.45, 2.75) is 32.9 Å². The number of nitrogens with two attached hydrogens (primary N) is 1. The Kier molecular flexibility index (Phi) is 4.68. The van der Waals surface area contributed by atoms with Gasteiger partial charge in [0.1, 0.15) is 0 Å². The lowest BCUT2D eigenvalue weighted by atomic mass is 10.0. The van der Waals surface area contributed by atoms with Gasteiger partial charge in [-0.2, -0.15) is 0 Å². The van der Waals surface area contributed by atoms with E-state index in [1.807, 2.05) is 11.5 Å². The molecule has 1 aromatic rings. The molecule has 5 heteroatoms. The molecule has 0 aliphatic carbocycles. The summed E-state index contributed by atoms with van der Waals surface area (Å²) in [7, 11) is -0.802. The number of aromatic nitrogens is 2. The smallest absolute Gasteiger partial charge is 0.0951 e. The molecule has 3 atom stereocenters. The van der Waals surface area contributed by atoms with E-state index in [0.29, 0.717) is 11.7 Å². The zero-order valence-electron chi connectivity index (χ0n) is 10.4. The lowest BCUT2D eigenvalue weighted by Gasteiger charge is -2.21. The van der Waals surface area contributed by atoms with Gasteiger partial charge in [-0.15, -0.1) is 0 Å². The fourth-order valence-corrected chi connectivity index (χ4v) is 2.54. The van der Waals surface area contributed by atoms with Crippen LogP contribution >= 0.6 is 0 Å². The summed E-state index contributed by atoms with van der Waals surface area (Å²) in [5.74, 6) is 1.00. The average Bonchev–Trinajstić information content (AvgIpc) is 2.63. The second-order valence-corrected chi connectivity index (χ2v) is 6.06. The van der Waals surface area contributed by atoms with E-state index < -0.39 is 10.8 Å². The summed E-state index contributed by atoms with van der Waals surface area (Å²) in [6.45, 7) is 6.22. The Bertz CT molecular complexity index is 362. The molecule has 0 saturated heterocycles. The summed E-state index contributed by atoms with van der Waals surface area (Å²) >= 11 is 0. The predicted molar refractivity (Wildman–Crippen MR) is 67.6 cm³/mol. The first-order valence-corrected chi connectivity index (χ1v) is 7.23. The monoisotopic (exact) mass is 243 g/mol. The Hall–Kier alpha value is -0.680. The molecule has 0 fully saturated rings. The molecule has 4 nitrogen and oxygen atoms in total. The van der Waals surface area contributed by atoms with Crippen LogP contribution in [0.4, 0.5) is 0 Å². The minimum atomic E-state index is -0.802. The normalized spacial score (nSPS) is 17.4. The minimum absolute atomic E-state index is 0.0183. The molecule has 0 aliphatic heterocycles. The topological polar surface area (TPSA) is 60.9 Å². The van der Waals surface area contributed by atoms with Gasteiger partial charge in [0.2, 0.25) is 0 Å². The highest BCUT2D eigenvalue weighted by atomic mass is 32.2. The third kappa shape index (κ3) is 3.15. The summed E-state index contributed by atoms with van der Waals surface area (Å²) < 4.78 is 13.2. The predicted octanol–water partition coefficient (Wildman–Crippen LogP) is 1.48. The zero-order valence-corrected chi connectivity index (χ0v) is 11.2. The van der Waals surface area contributed by atoms with Crippen LogP contribution in [0.2, 0.25) is 0 Å². The molecule has 1 heterocycles. The van der Waals surface area contributed by atoms with Gasteiger partial charge in [0, 0.05) is 41.1 Å². The van der Waals surface area contributed by atoms with Crippen molar-refractivity contribution in [3.05, 3.63) is 18.2 Å². The molecule has 0 radical (unpaired) electrons. The van der Waals surface area contributed by atoms with Crippen LogP contribution < -0.4 is 5.73 Å². The zero-order chi connectivity index (χ0) is 12.3. The maximum absolute atomic E-state index is 11.2. The van der Waals surface area contributed by atoms with Crippen LogP contribution in [-0.4, -0.2) is 25.8 Å². The van der Waals surface area contributed by atoms with Crippen molar-refractivity contribution >= 4 is 10.8 Å². The van der Waals surface area contributed by atoms with Crippen molar-refractivity contribution < 1.29 is 4.21 Å². The average molecular weight is 243 g/mol. The first-order valence-electron chi connectivity index (χ1n) is 5.50. The van der Waals surface area contributed by atoms with E-state index in [1.54, 1.807) is 18.8 Å². The summed E-state index contributed by atoms with van der Waals surface area (Å²) in [5, 5.41) is 0. The van der Waals surface area contributed by atoms with Crippen molar-refractivity contribution in [2.75, 3.05) is 12.0 Å². The molecule has 1 aromatic heterocycles.